The number of amides is 1. The highest BCUT2D eigenvalue weighted by molar-refractivity contribution is 14.1. The molecule has 122 valence electrons. The highest BCUT2D eigenvalue weighted by atomic mass is 127. The Morgan fingerprint density at radius 1 is 1.25 bits per heavy atom. The number of thioether (sulfide) groups is 1. The van der Waals surface area contributed by atoms with Gasteiger partial charge in [0.15, 0.2) is 4.32 Å². The van der Waals surface area contributed by atoms with E-state index in [2.05, 4.69) is 22.6 Å². The van der Waals surface area contributed by atoms with Crippen LogP contribution in [0.3, 0.4) is 0 Å². The molecule has 7 heteroatoms. The molecule has 0 atom stereocenters. The highest BCUT2D eigenvalue weighted by Crippen LogP contribution is 2.38. The average Bonchev–Trinajstić information content (AvgIpc) is 2.83. The van der Waals surface area contributed by atoms with Gasteiger partial charge in [0.2, 0.25) is 0 Å². The maximum absolute atomic E-state index is 12.7. The Morgan fingerprint density at radius 3 is 2.58 bits per heavy atom. The summed E-state index contributed by atoms with van der Waals surface area (Å²) in [5.41, 5.74) is 1.60. The first-order valence-corrected chi connectivity index (χ1v) is 9.55. The van der Waals surface area contributed by atoms with E-state index < -0.39 is 0 Å². The maximum Gasteiger partial charge on any atom is 0.270 e. The SMILES string of the molecule is COc1ccc(N2C(=O)/C(=C/c3ccc(I)cc3)SC2=S)cc1Cl. The van der Waals surface area contributed by atoms with Crippen LogP contribution >= 0.6 is 58.2 Å². The molecule has 24 heavy (non-hydrogen) atoms. The molecule has 0 saturated carbocycles. The number of ether oxygens (including phenoxy) is 1. The third kappa shape index (κ3) is 3.61. The van der Waals surface area contributed by atoms with Gasteiger partial charge in [0.25, 0.3) is 5.91 Å². The van der Waals surface area contributed by atoms with Crippen molar-refractivity contribution in [3.63, 3.8) is 0 Å². The molecule has 1 amide bonds. The van der Waals surface area contributed by atoms with Gasteiger partial charge in [0.05, 0.1) is 22.7 Å². The zero-order valence-corrected chi connectivity index (χ0v) is 17.0. The molecule has 0 spiro atoms. The number of hydrogen-bond donors (Lipinski definition) is 0. The van der Waals surface area contributed by atoms with E-state index in [4.69, 9.17) is 28.6 Å². The molecule has 0 radical (unpaired) electrons. The fourth-order valence-electron chi connectivity index (χ4n) is 2.20. The molecule has 2 aromatic carbocycles. The lowest BCUT2D eigenvalue weighted by molar-refractivity contribution is -0.113. The van der Waals surface area contributed by atoms with Crippen LogP contribution in [-0.2, 0) is 4.79 Å². The van der Waals surface area contributed by atoms with Crippen molar-refractivity contribution in [3.8, 4) is 5.75 Å². The summed E-state index contributed by atoms with van der Waals surface area (Å²) in [6.45, 7) is 0. The van der Waals surface area contributed by atoms with Crippen molar-refractivity contribution in [2.75, 3.05) is 12.0 Å². The van der Waals surface area contributed by atoms with Crippen LogP contribution in [0.4, 0.5) is 5.69 Å². The number of carbonyl (C=O) groups is 1. The predicted molar refractivity (Wildman–Crippen MR) is 113 cm³/mol. The largest absolute Gasteiger partial charge is 0.495 e. The summed E-state index contributed by atoms with van der Waals surface area (Å²) in [6.07, 6.45) is 1.85. The number of carbonyl (C=O) groups excluding carboxylic acids is 1. The molecule has 1 fully saturated rings. The summed E-state index contributed by atoms with van der Waals surface area (Å²) in [4.78, 5) is 14.8. The molecule has 2 aromatic rings. The minimum atomic E-state index is -0.148. The monoisotopic (exact) mass is 487 g/mol. The van der Waals surface area contributed by atoms with Gasteiger partial charge in [-0.3, -0.25) is 9.69 Å². The summed E-state index contributed by atoms with van der Waals surface area (Å²) >= 11 is 15.1. The standard InChI is InChI=1S/C17H11ClINO2S2/c1-22-14-7-6-12(9-13(14)18)20-16(21)15(24-17(20)23)8-10-2-4-11(19)5-3-10/h2-9H,1H3/b15-8-. The number of nitrogens with zero attached hydrogens (tertiary/aromatic N) is 1. The smallest absolute Gasteiger partial charge is 0.270 e. The highest BCUT2D eigenvalue weighted by Gasteiger charge is 2.33. The Morgan fingerprint density at radius 2 is 1.96 bits per heavy atom. The van der Waals surface area contributed by atoms with Gasteiger partial charge >= 0.3 is 0 Å². The maximum atomic E-state index is 12.7. The molecule has 0 aromatic heterocycles. The van der Waals surface area contributed by atoms with Crippen molar-refractivity contribution in [2.24, 2.45) is 0 Å². The van der Waals surface area contributed by atoms with E-state index in [1.807, 2.05) is 30.3 Å². The average molecular weight is 488 g/mol. The summed E-state index contributed by atoms with van der Waals surface area (Å²) in [7, 11) is 1.55. The molecule has 1 aliphatic heterocycles. The fourth-order valence-corrected chi connectivity index (χ4v) is 4.11. The number of anilines is 1. The van der Waals surface area contributed by atoms with Crippen molar-refractivity contribution < 1.29 is 9.53 Å². The molecule has 3 nitrogen and oxygen atoms in total. The van der Waals surface area contributed by atoms with Crippen LogP contribution in [0.1, 0.15) is 5.56 Å². The molecule has 0 aliphatic carbocycles. The lowest BCUT2D eigenvalue weighted by atomic mass is 10.2. The first-order valence-electron chi connectivity index (χ1n) is 6.86. The Bertz CT molecular complexity index is 852. The fraction of sp³-hybridized carbons (Fsp3) is 0.0588. The summed E-state index contributed by atoms with van der Waals surface area (Å²) in [6, 6.07) is 13.1. The lowest BCUT2D eigenvalue weighted by Gasteiger charge is -2.15. The van der Waals surface area contributed by atoms with Gasteiger partial charge in [-0.05, 0) is 64.6 Å². The Hall–Kier alpha value is -1.09. The molecule has 3 rings (SSSR count). The van der Waals surface area contributed by atoms with Gasteiger partial charge in [0, 0.05) is 3.57 Å². The number of halogens is 2. The zero-order chi connectivity index (χ0) is 17.3. The van der Waals surface area contributed by atoms with Crippen molar-refractivity contribution >= 4 is 80.2 Å². The van der Waals surface area contributed by atoms with Crippen molar-refractivity contribution in [1.82, 2.24) is 0 Å². The quantitative estimate of drug-likeness (QED) is 0.331. The molecular formula is C17H11ClINO2S2. The van der Waals surface area contributed by atoms with Gasteiger partial charge in [-0.25, -0.2) is 0 Å². The second kappa shape index (κ2) is 7.43. The molecule has 0 N–H and O–H groups in total. The summed E-state index contributed by atoms with van der Waals surface area (Å²) in [5.74, 6) is 0.407. The third-order valence-electron chi connectivity index (χ3n) is 3.36. The van der Waals surface area contributed by atoms with E-state index in [1.54, 1.807) is 25.3 Å². The number of rotatable bonds is 3. The normalized spacial score (nSPS) is 16.1. The lowest BCUT2D eigenvalue weighted by Crippen LogP contribution is -2.27. The third-order valence-corrected chi connectivity index (χ3v) is 5.67. The van der Waals surface area contributed by atoms with E-state index >= 15 is 0 Å². The van der Waals surface area contributed by atoms with E-state index in [9.17, 15) is 4.79 Å². The minimum Gasteiger partial charge on any atom is -0.495 e. The van der Waals surface area contributed by atoms with Crippen LogP contribution in [-0.4, -0.2) is 17.3 Å². The Kier molecular flexibility index (Phi) is 5.49. The van der Waals surface area contributed by atoms with Crippen LogP contribution in [0.25, 0.3) is 6.08 Å². The second-order valence-electron chi connectivity index (χ2n) is 4.89. The van der Waals surface area contributed by atoms with Crippen molar-refractivity contribution in [3.05, 3.63) is 61.5 Å². The Labute approximate surface area is 168 Å². The van der Waals surface area contributed by atoms with Gasteiger partial charge in [-0.15, -0.1) is 0 Å². The Balaban J connectivity index is 1.91. The topological polar surface area (TPSA) is 29.5 Å². The van der Waals surface area contributed by atoms with Gasteiger partial charge in [-0.2, -0.15) is 0 Å². The van der Waals surface area contributed by atoms with E-state index in [0.29, 0.717) is 25.7 Å². The van der Waals surface area contributed by atoms with Gasteiger partial charge in [0.1, 0.15) is 5.75 Å². The van der Waals surface area contributed by atoms with Crippen LogP contribution < -0.4 is 9.64 Å². The molecular weight excluding hydrogens is 477 g/mol. The zero-order valence-electron chi connectivity index (χ0n) is 12.5. The first-order chi connectivity index (χ1) is 11.5. The van der Waals surface area contributed by atoms with E-state index in [-0.39, 0.29) is 5.91 Å². The van der Waals surface area contributed by atoms with Crippen LogP contribution in [0.2, 0.25) is 5.02 Å². The van der Waals surface area contributed by atoms with Crippen LogP contribution in [0.15, 0.2) is 47.4 Å². The molecule has 1 aliphatic rings. The number of thiocarbonyl (C=S) groups is 1. The van der Waals surface area contributed by atoms with E-state index in [1.165, 1.54) is 16.7 Å². The molecule has 1 saturated heterocycles. The van der Waals surface area contributed by atoms with Crippen molar-refractivity contribution in [1.29, 1.82) is 0 Å². The molecule has 1 heterocycles. The second-order valence-corrected chi connectivity index (χ2v) is 8.22. The minimum absolute atomic E-state index is 0.148. The molecule has 0 bridgehead atoms. The molecule has 0 unspecified atom stereocenters. The van der Waals surface area contributed by atoms with Gasteiger partial charge < -0.3 is 4.74 Å². The van der Waals surface area contributed by atoms with Crippen LogP contribution in [0, 0.1) is 3.57 Å². The van der Waals surface area contributed by atoms with Gasteiger partial charge in [-0.1, -0.05) is 47.7 Å². The van der Waals surface area contributed by atoms with E-state index in [0.717, 1.165) is 9.13 Å². The number of methoxy groups -OCH3 is 1. The van der Waals surface area contributed by atoms with Crippen molar-refractivity contribution in [2.45, 2.75) is 0 Å². The van der Waals surface area contributed by atoms with Crippen LogP contribution in [0.5, 0.6) is 5.75 Å². The first kappa shape index (κ1) is 17.7. The predicted octanol–water partition coefficient (Wildman–Crippen LogP) is 5.36. The summed E-state index contributed by atoms with van der Waals surface area (Å²) in [5, 5.41) is 0.436. The number of benzene rings is 2. The summed E-state index contributed by atoms with van der Waals surface area (Å²) < 4.78 is 6.77. The number of hydrogen-bond acceptors (Lipinski definition) is 4.